The van der Waals surface area contributed by atoms with Crippen molar-refractivity contribution in [2.75, 3.05) is 46.9 Å². The molecule has 0 saturated carbocycles. The molecule has 136 valence electrons. The molecule has 1 unspecified atom stereocenters. The molecule has 0 aliphatic carbocycles. The van der Waals surface area contributed by atoms with Crippen LogP contribution in [0, 0.1) is 0 Å². The van der Waals surface area contributed by atoms with Crippen molar-refractivity contribution in [2.24, 2.45) is 0 Å². The summed E-state index contributed by atoms with van der Waals surface area (Å²) in [6, 6.07) is 5.31. The summed E-state index contributed by atoms with van der Waals surface area (Å²) >= 11 is 0. The highest BCUT2D eigenvalue weighted by Gasteiger charge is 2.32. The number of nitrogens with zero attached hydrogens (tertiary/aromatic N) is 2. The van der Waals surface area contributed by atoms with Gasteiger partial charge >= 0.3 is 0 Å². The predicted octanol–water partition coefficient (Wildman–Crippen LogP) is 0.740. The first-order valence-electron chi connectivity index (χ1n) is 8.65. The molecule has 2 aliphatic heterocycles. The zero-order valence-corrected chi connectivity index (χ0v) is 14.8. The molecule has 1 aromatic rings. The smallest absolute Gasteiger partial charge is 0.254 e. The molecule has 2 amide bonds. The SMILES string of the molecule is COc1ccc(C(=O)N2CCCC(N3CCNCC3=O)C2)cc1OC. The fourth-order valence-corrected chi connectivity index (χ4v) is 3.55. The van der Waals surface area contributed by atoms with Crippen molar-refractivity contribution in [3.8, 4) is 11.5 Å². The molecule has 2 saturated heterocycles. The largest absolute Gasteiger partial charge is 0.493 e. The summed E-state index contributed by atoms with van der Waals surface area (Å²) in [5.41, 5.74) is 0.574. The number of hydrogen-bond acceptors (Lipinski definition) is 5. The summed E-state index contributed by atoms with van der Waals surface area (Å²) in [4.78, 5) is 28.8. The van der Waals surface area contributed by atoms with Gasteiger partial charge in [-0.2, -0.15) is 0 Å². The van der Waals surface area contributed by atoms with Crippen molar-refractivity contribution in [3.63, 3.8) is 0 Å². The van der Waals surface area contributed by atoms with E-state index in [9.17, 15) is 9.59 Å². The number of likely N-dealkylation sites (tertiary alicyclic amines) is 1. The van der Waals surface area contributed by atoms with Gasteiger partial charge in [-0.05, 0) is 31.0 Å². The van der Waals surface area contributed by atoms with E-state index < -0.39 is 0 Å². The van der Waals surface area contributed by atoms with Gasteiger partial charge in [0.05, 0.1) is 20.8 Å². The molecule has 2 heterocycles. The van der Waals surface area contributed by atoms with Crippen molar-refractivity contribution >= 4 is 11.8 Å². The fourth-order valence-electron chi connectivity index (χ4n) is 3.55. The van der Waals surface area contributed by atoms with Gasteiger partial charge in [-0.15, -0.1) is 0 Å². The Balaban J connectivity index is 1.72. The molecule has 3 rings (SSSR count). The van der Waals surface area contributed by atoms with Crippen LogP contribution in [0.4, 0.5) is 0 Å². The van der Waals surface area contributed by atoms with Crippen LogP contribution in [0.2, 0.25) is 0 Å². The Morgan fingerprint density at radius 2 is 2.00 bits per heavy atom. The van der Waals surface area contributed by atoms with Gasteiger partial charge in [-0.25, -0.2) is 0 Å². The number of benzene rings is 1. The third-order valence-corrected chi connectivity index (χ3v) is 4.88. The van der Waals surface area contributed by atoms with Gasteiger partial charge in [0.25, 0.3) is 5.91 Å². The number of piperidine rings is 1. The zero-order valence-electron chi connectivity index (χ0n) is 14.8. The first kappa shape index (κ1) is 17.5. The maximum absolute atomic E-state index is 12.9. The molecule has 2 fully saturated rings. The van der Waals surface area contributed by atoms with E-state index in [4.69, 9.17) is 9.47 Å². The molecule has 25 heavy (non-hydrogen) atoms. The highest BCUT2D eigenvalue weighted by Crippen LogP contribution is 2.28. The molecule has 0 radical (unpaired) electrons. The maximum Gasteiger partial charge on any atom is 0.254 e. The van der Waals surface area contributed by atoms with Gasteiger partial charge in [0.2, 0.25) is 5.91 Å². The lowest BCUT2D eigenvalue weighted by molar-refractivity contribution is -0.135. The van der Waals surface area contributed by atoms with E-state index in [1.54, 1.807) is 32.4 Å². The number of hydrogen-bond donors (Lipinski definition) is 1. The Hall–Kier alpha value is -2.28. The van der Waals surface area contributed by atoms with Gasteiger partial charge in [0.1, 0.15) is 0 Å². The van der Waals surface area contributed by atoms with Crippen molar-refractivity contribution in [2.45, 2.75) is 18.9 Å². The lowest BCUT2D eigenvalue weighted by Crippen LogP contribution is -2.57. The van der Waals surface area contributed by atoms with Crippen LogP contribution in [0.25, 0.3) is 0 Å². The molecule has 0 bridgehead atoms. The summed E-state index contributed by atoms with van der Waals surface area (Å²) in [7, 11) is 3.12. The average Bonchev–Trinajstić information content (AvgIpc) is 2.67. The normalized spacial score (nSPS) is 21.2. The van der Waals surface area contributed by atoms with E-state index >= 15 is 0 Å². The van der Waals surface area contributed by atoms with Crippen LogP contribution in [0.1, 0.15) is 23.2 Å². The van der Waals surface area contributed by atoms with Crippen LogP contribution in [0.3, 0.4) is 0 Å². The van der Waals surface area contributed by atoms with Gasteiger partial charge in [-0.1, -0.05) is 0 Å². The first-order chi connectivity index (χ1) is 12.1. The summed E-state index contributed by atoms with van der Waals surface area (Å²) < 4.78 is 10.5. The number of carbonyl (C=O) groups is 2. The molecule has 7 heteroatoms. The average molecular weight is 347 g/mol. The van der Waals surface area contributed by atoms with Crippen LogP contribution < -0.4 is 14.8 Å². The van der Waals surface area contributed by atoms with Crippen LogP contribution in [-0.4, -0.2) is 74.6 Å². The zero-order chi connectivity index (χ0) is 17.8. The monoisotopic (exact) mass is 347 g/mol. The second-order valence-corrected chi connectivity index (χ2v) is 6.38. The number of nitrogens with one attached hydrogen (secondary N) is 1. The third kappa shape index (κ3) is 3.71. The second kappa shape index (κ2) is 7.74. The summed E-state index contributed by atoms with van der Waals surface area (Å²) in [6.45, 7) is 3.21. The van der Waals surface area contributed by atoms with E-state index in [0.717, 1.165) is 19.4 Å². The number of rotatable bonds is 4. The van der Waals surface area contributed by atoms with Crippen LogP contribution in [0.15, 0.2) is 18.2 Å². The van der Waals surface area contributed by atoms with Crippen LogP contribution >= 0.6 is 0 Å². The highest BCUT2D eigenvalue weighted by atomic mass is 16.5. The van der Waals surface area contributed by atoms with E-state index in [-0.39, 0.29) is 17.9 Å². The summed E-state index contributed by atoms with van der Waals surface area (Å²) in [6.07, 6.45) is 1.85. The van der Waals surface area contributed by atoms with Crippen LogP contribution in [0.5, 0.6) is 11.5 Å². The Kier molecular flexibility index (Phi) is 5.43. The maximum atomic E-state index is 12.9. The molecule has 1 N–H and O–H groups in total. The number of methoxy groups -OCH3 is 2. The lowest BCUT2D eigenvalue weighted by atomic mass is 10.0. The van der Waals surface area contributed by atoms with Crippen molar-refractivity contribution < 1.29 is 19.1 Å². The summed E-state index contributed by atoms with van der Waals surface area (Å²) in [5, 5.41) is 3.09. The van der Waals surface area contributed by atoms with E-state index in [0.29, 0.717) is 43.2 Å². The molecule has 1 atom stereocenters. The van der Waals surface area contributed by atoms with Crippen molar-refractivity contribution in [1.29, 1.82) is 0 Å². The Morgan fingerprint density at radius 3 is 2.72 bits per heavy atom. The van der Waals surface area contributed by atoms with Gasteiger partial charge < -0.3 is 24.6 Å². The van der Waals surface area contributed by atoms with Gasteiger partial charge in [0.15, 0.2) is 11.5 Å². The van der Waals surface area contributed by atoms with Gasteiger partial charge in [0, 0.05) is 37.8 Å². The summed E-state index contributed by atoms with van der Waals surface area (Å²) in [5.74, 6) is 1.23. The molecule has 0 spiro atoms. The fraction of sp³-hybridized carbons (Fsp3) is 0.556. The topological polar surface area (TPSA) is 71.1 Å². The van der Waals surface area contributed by atoms with Crippen molar-refractivity contribution in [3.05, 3.63) is 23.8 Å². The number of ether oxygens (including phenoxy) is 2. The Morgan fingerprint density at radius 1 is 1.20 bits per heavy atom. The van der Waals surface area contributed by atoms with E-state index in [1.807, 2.05) is 9.80 Å². The standard InChI is InChI=1S/C18H25N3O4/c1-24-15-6-5-13(10-16(15)25-2)18(23)20-8-3-4-14(12-20)21-9-7-19-11-17(21)22/h5-6,10,14,19H,3-4,7-9,11-12H2,1-2H3. The van der Waals surface area contributed by atoms with Crippen molar-refractivity contribution in [1.82, 2.24) is 15.1 Å². The molecule has 2 aliphatic rings. The minimum atomic E-state index is -0.0340. The van der Waals surface area contributed by atoms with E-state index in [1.165, 1.54) is 0 Å². The van der Waals surface area contributed by atoms with Crippen LogP contribution in [-0.2, 0) is 4.79 Å². The quantitative estimate of drug-likeness (QED) is 0.870. The number of piperazine rings is 1. The second-order valence-electron chi connectivity index (χ2n) is 6.38. The molecular formula is C18H25N3O4. The molecular weight excluding hydrogens is 322 g/mol. The Labute approximate surface area is 147 Å². The minimum Gasteiger partial charge on any atom is -0.493 e. The number of amides is 2. The molecule has 0 aromatic heterocycles. The number of carbonyl (C=O) groups excluding carboxylic acids is 2. The molecule has 7 nitrogen and oxygen atoms in total. The Bertz CT molecular complexity index is 649. The highest BCUT2D eigenvalue weighted by molar-refractivity contribution is 5.95. The molecule has 1 aromatic carbocycles. The van der Waals surface area contributed by atoms with E-state index in [2.05, 4.69) is 5.32 Å². The predicted molar refractivity (Wildman–Crippen MR) is 93.1 cm³/mol. The third-order valence-electron chi connectivity index (χ3n) is 4.88. The minimum absolute atomic E-state index is 0.0340. The lowest BCUT2D eigenvalue weighted by Gasteiger charge is -2.41. The van der Waals surface area contributed by atoms with Gasteiger partial charge in [-0.3, -0.25) is 9.59 Å². The first-order valence-corrected chi connectivity index (χ1v) is 8.65.